The van der Waals surface area contributed by atoms with E-state index in [1.54, 1.807) is 0 Å². The van der Waals surface area contributed by atoms with Gasteiger partial charge in [0.05, 0.1) is 5.75 Å². The van der Waals surface area contributed by atoms with Gasteiger partial charge in [-0.1, -0.05) is 69.1 Å². The van der Waals surface area contributed by atoms with Gasteiger partial charge < -0.3 is 0 Å². The summed E-state index contributed by atoms with van der Waals surface area (Å²) in [7, 11) is 0. The summed E-state index contributed by atoms with van der Waals surface area (Å²) in [6, 6.07) is 10.2. The van der Waals surface area contributed by atoms with Crippen LogP contribution >= 0.6 is 11.8 Å². The lowest BCUT2D eigenvalue weighted by atomic mass is 10.1. The molecule has 0 aliphatic rings. The first kappa shape index (κ1) is 15.2. The second-order valence-electron chi connectivity index (χ2n) is 4.49. The van der Waals surface area contributed by atoms with E-state index in [0.717, 1.165) is 11.3 Å². The molecule has 0 unspecified atom stereocenters. The summed E-state index contributed by atoms with van der Waals surface area (Å²) in [6.45, 7) is 2.27. The van der Waals surface area contributed by atoms with E-state index in [9.17, 15) is 0 Å². The van der Waals surface area contributed by atoms with Crippen LogP contribution in [0.25, 0.3) is 0 Å². The first-order valence-electron chi connectivity index (χ1n) is 7.05. The zero-order valence-electron chi connectivity index (χ0n) is 11.5. The van der Waals surface area contributed by atoms with Crippen molar-refractivity contribution in [3.8, 4) is 11.8 Å². The van der Waals surface area contributed by atoms with Crippen LogP contribution in [0.4, 0.5) is 0 Å². The molecule has 0 fully saturated rings. The number of hydrogen-bond acceptors (Lipinski definition) is 1. The molecule has 1 aromatic rings. The molecular formula is C17H24S. The highest BCUT2D eigenvalue weighted by Gasteiger charge is 1.90. The predicted octanol–water partition coefficient (Wildman–Crippen LogP) is 5.13. The van der Waals surface area contributed by atoms with Crippen LogP contribution < -0.4 is 0 Å². The maximum Gasteiger partial charge on any atom is 0.0551 e. The van der Waals surface area contributed by atoms with Crippen molar-refractivity contribution >= 4 is 11.8 Å². The standard InChI is InChI=1S/C17H24S/c1-2-3-4-5-6-10-15-18-16-11-14-17-12-8-7-9-13-17/h7-9,12-13H,2-6,10,15-16H2,1H3. The van der Waals surface area contributed by atoms with Gasteiger partial charge in [-0.05, 0) is 24.3 Å². The Kier molecular flexibility index (Phi) is 9.48. The Morgan fingerprint density at radius 3 is 2.44 bits per heavy atom. The van der Waals surface area contributed by atoms with Gasteiger partial charge in [-0.2, -0.15) is 0 Å². The molecule has 0 bridgehead atoms. The van der Waals surface area contributed by atoms with Gasteiger partial charge in [-0.3, -0.25) is 0 Å². The average Bonchev–Trinajstić information content (AvgIpc) is 2.42. The monoisotopic (exact) mass is 260 g/mol. The number of thioether (sulfide) groups is 1. The molecule has 0 radical (unpaired) electrons. The van der Waals surface area contributed by atoms with Crippen LogP contribution in [0.1, 0.15) is 51.0 Å². The highest BCUT2D eigenvalue weighted by Crippen LogP contribution is 2.09. The minimum absolute atomic E-state index is 0.962. The lowest BCUT2D eigenvalue weighted by Gasteiger charge is -1.99. The molecule has 0 N–H and O–H groups in total. The lowest BCUT2D eigenvalue weighted by molar-refractivity contribution is 0.627. The molecule has 0 aliphatic heterocycles. The molecule has 0 aromatic heterocycles. The Labute approximate surface area is 117 Å². The van der Waals surface area contributed by atoms with Crippen LogP contribution in [0.5, 0.6) is 0 Å². The predicted molar refractivity (Wildman–Crippen MR) is 84.0 cm³/mol. The van der Waals surface area contributed by atoms with Crippen LogP contribution in [-0.2, 0) is 0 Å². The molecule has 0 nitrogen and oxygen atoms in total. The van der Waals surface area contributed by atoms with Crippen molar-refractivity contribution < 1.29 is 0 Å². The fourth-order valence-corrected chi connectivity index (χ4v) is 2.49. The Hall–Kier alpha value is -0.870. The van der Waals surface area contributed by atoms with Crippen LogP contribution in [0.3, 0.4) is 0 Å². The molecular weight excluding hydrogens is 236 g/mol. The van der Waals surface area contributed by atoms with Gasteiger partial charge in [0.2, 0.25) is 0 Å². The molecule has 1 aromatic carbocycles. The lowest BCUT2D eigenvalue weighted by Crippen LogP contribution is -1.83. The number of benzene rings is 1. The van der Waals surface area contributed by atoms with Gasteiger partial charge in [0.15, 0.2) is 0 Å². The van der Waals surface area contributed by atoms with Crippen molar-refractivity contribution in [2.45, 2.75) is 45.4 Å². The number of hydrogen-bond donors (Lipinski definition) is 0. The van der Waals surface area contributed by atoms with Gasteiger partial charge >= 0.3 is 0 Å². The molecule has 0 saturated carbocycles. The van der Waals surface area contributed by atoms with Crippen molar-refractivity contribution in [1.29, 1.82) is 0 Å². The fraction of sp³-hybridized carbons (Fsp3) is 0.529. The second-order valence-corrected chi connectivity index (χ2v) is 5.59. The zero-order valence-corrected chi connectivity index (χ0v) is 12.3. The normalized spacial score (nSPS) is 9.83. The summed E-state index contributed by atoms with van der Waals surface area (Å²) in [5.74, 6) is 8.64. The van der Waals surface area contributed by atoms with E-state index in [1.807, 2.05) is 30.0 Å². The van der Waals surface area contributed by atoms with Crippen molar-refractivity contribution in [2.24, 2.45) is 0 Å². The minimum Gasteiger partial charge on any atom is -0.149 e. The molecule has 0 spiro atoms. The van der Waals surface area contributed by atoms with E-state index >= 15 is 0 Å². The van der Waals surface area contributed by atoms with Crippen molar-refractivity contribution in [2.75, 3.05) is 11.5 Å². The van der Waals surface area contributed by atoms with E-state index in [2.05, 4.69) is 30.9 Å². The van der Waals surface area contributed by atoms with E-state index < -0.39 is 0 Å². The molecule has 18 heavy (non-hydrogen) atoms. The smallest absolute Gasteiger partial charge is 0.0551 e. The molecule has 0 aliphatic carbocycles. The molecule has 1 heteroatoms. The van der Waals surface area contributed by atoms with E-state index in [-0.39, 0.29) is 0 Å². The maximum atomic E-state index is 3.23. The van der Waals surface area contributed by atoms with Gasteiger partial charge in [-0.15, -0.1) is 11.8 Å². The topological polar surface area (TPSA) is 0 Å². The van der Waals surface area contributed by atoms with Gasteiger partial charge in [0, 0.05) is 5.56 Å². The largest absolute Gasteiger partial charge is 0.149 e. The summed E-state index contributed by atoms with van der Waals surface area (Å²) in [6.07, 6.45) is 8.29. The summed E-state index contributed by atoms with van der Waals surface area (Å²) in [5, 5.41) is 0. The molecule has 0 amide bonds. The summed E-state index contributed by atoms with van der Waals surface area (Å²) in [4.78, 5) is 0. The fourth-order valence-electron chi connectivity index (χ4n) is 1.77. The van der Waals surface area contributed by atoms with Crippen LogP contribution in [0.15, 0.2) is 30.3 Å². The van der Waals surface area contributed by atoms with E-state index in [1.165, 1.54) is 44.3 Å². The number of unbranched alkanes of at least 4 members (excludes halogenated alkanes) is 5. The van der Waals surface area contributed by atoms with Crippen molar-refractivity contribution in [1.82, 2.24) is 0 Å². The van der Waals surface area contributed by atoms with Gasteiger partial charge in [-0.25, -0.2) is 0 Å². The van der Waals surface area contributed by atoms with Crippen LogP contribution in [-0.4, -0.2) is 11.5 Å². The molecule has 0 heterocycles. The maximum absolute atomic E-state index is 3.23. The number of rotatable bonds is 8. The highest BCUT2D eigenvalue weighted by molar-refractivity contribution is 7.99. The zero-order chi connectivity index (χ0) is 12.9. The first-order chi connectivity index (χ1) is 8.93. The van der Waals surface area contributed by atoms with Crippen LogP contribution in [0, 0.1) is 11.8 Å². The quantitative estimate of drug-likeness (QED) is 0.461. The van der Waals surface area contributed by atoms with Crippen LogP contribution in [0.2, 0.25) is 0 Å². The second kappa shape index (κ2) is 11.2. The SMILES string of the molecule is CCCCCCCCSCC#Cc1ccccc1. The minimum atomic E-state index is 0.962. The molecule has 0 saturated heterocycles. The highest BCUT2D eigenvalue weighted by atomic mass is 32.2. The van der Waals surface area contributed by atoms with Gasteiger partial charge in [0.25, 0.3) is 0 Å². The molecule has 98 valence electrons. The average molecular weight is 260 g/mol. The Morgan fingerprint density at radius 2 is 1.67 bits per heavy atom. The van der Waals surface area contributed by atoms with Gasteiger partial charge in [0.1, 0.15) is 0 Å². The molecule has 0 atom stereocenters. The van der Waals surface area contributed by atoms with Crippen molar-refractivity contribution in [3.05, 3.63) is 35.9 Å². The third kappa shape index (κ3) is 8.25. The summed E-state index contributed by atoms with van der Waals surface area (Å²) < 4.78 is 0. The Balaban J connectivity index is 1.94. The third-order valence-electron chi connectivity index (χ3n) is 2.82. The Bertz CT molecular complexity index is 345. The van der Waals surface area contributed by atoms with E-state index in [0.29, 0.717) is 0 Å². The van der Waals surface area contributed by atoms with Crippen molar-refractivity contribution in [3.63, 3.8) is 0 Å². The summed E-state index contributed by atoms with van der Waals surface area (Å²) in [5.41, 5.74) is 1.12. The molecule has 1 rings (SSSR count). The first-order valence-corrected chi connectivity index (χ1v) is 8.20. The summed E-state index contributed by atoms with van der Waals surface area (Å²) >= 11 is 1.96. The van der Waals surface area contributed by atoms with E-state index in [4.69, 9.17) is 0 Å². The Morgan fingerprint density at radius 1 is 0.944 bits per heavy atom. The third-order valence-corrected chi connectivity index (χ3v) is 3.75.